The van der Waals surface area contributed by atoms with Gasteiger partial charge < -0.3 is 5.73 Å². The summed E-state index contributed by atoms with van der Waals surface area (Å²) in [6, 6.07) is 2.33. The Balaban J connectivity index is 2.54. The van der Waals surface area contributed by atoms with Crippen LogP contribution in [0.4, 0.5) is 5.69 Å². The van der Waals surface area contributed by atoms with Crippen molar-refractivity contribution in [1.29, 1.82) is 0 Å². The van der Waals surface area contributed by atoms with Gasteiger partial charge in [0.15, 0.2) is 0 Å². The molecule has 0 aliphatic carbocycles. The van der Waals surface area contributed by atoms with Crippen molar-refractivity contribution in [1.82, 2.24) is 4.31 Å². The number of hydrogen-bond acceptors (Lipinski definition) is 5. The van der Waals surface area contributed by atoms with Crippen LogP contribution in [0.1, 0.15) is 17.5 Å². The zero-order valence-corrected chi connectivity index (χ0v) is 12.2. The molecule has 0 unspecified atom stereocenters. The number of rotatable bonds is 3. The van der Waals surface area contributed by atoms with Crippen LogP contribution in [0, 0.1) is 24.0 Å². The van der Waals surface area contributed by atoms with Crippen molar-refractivity contribution in [2.24, 2.45) is 5.73 Å². The summed E-state index contributed by atoms with van der Waals surface area (Å²) in [6.45, 7) is 3.92. The number of benzene rings is 1. The Bertz CT molecular complexity index is 657. The first-order chi connectivity index (χ1) is 9.23. The van der Waals surface area contributed by atoms with Gasteiger partial charge in [0.25, 0.3) is 5.69 Å². The van der Waals surface area contributed by atoms with Crippen LogP contribution in [-0.4, -0.2) is 36.8 Å². The molecule has 8 heteroatoms. The van der Waals surface area contributed by atoms with Crippen LogP contribution in [0.25, 0.3) is 0 Å². The molecule has 1 saturated heterocycles. The minimum Gasteiger partial charge on any atom is -0.326 e. The van der Waals surface area contributed by atoms with Crippen LogP contribution in [0.3, 0.4) is 0 Å². The summed E-state index contributed by atoms with van der Waals surface area (Å²) in [5.74, 6) is 0. The molecule has 1 aromatic carbocycles. The van der Waals surface area contributed by atoms with Gasteiger partial charge in [-0.15, -0.1) is 0 Å². The van der Waals surface area contributed by atoms with Crippen molar-refractivity contribution >= 4 is 15.7 Å². The third kappa shape index (κ3) is 2.54. The lowest BCUT2D eigenvalue weighted by Crippen LogP contribution is -2.32. The standard InChI is InChI=1S/C12H17N3O4S/c1-8-5-11(15(16)17)6-12(9(8)2)20(18,19)14-4-3-10(13)7-14/h5-6,10H,3-4,7,13H2,1-2H3/t10-/m1/s1. The Morgan fingerprint density at radius 1 is 1.40 bits per heavy atom. The van der Waals surface area contributed by atoms with Crippen LogP contribution in [0.5, 0.6) is 0 Å². The molecular weight excluding hydrogens is 282 g/mol. The average Bonchev–Trinajstić information content (AvgIpc) is 2.79. The van der Waals surface area contributed by atoms with Crippen LogP contribution in [0.2, 0.25) is 0 Å². The Hall–Kier alpha value is -1.51. The Kier molecular flexibility index (Phi) is 3.81. The fourth-order valence-corrected chi connectivity index (χ4v) is 4.12. The maximum atomic E-state index is 12.6. The molecule has 0 spiro atoms. The van der Waals surface area contributed by atoms with E-state index in [9.17, 15) is 18.5 Å². The highest BCUT2D eigenvalue weighted by molar-refractivity contribution is 7.89. The first-order valence-corrected chi connectivity index (χ1v) is 7.69. The molecule has 7 nitrogen and oxygen atoms in total. The van der Waals surface area contributed by atoms with Crippen LogP contribution >= 0.6 is 0 Å². The van der Waals surface area contributed by atoms with Crippen molar-refractivity contribution < 1.29 is 13.3 Å². The van der Waals surface area contributed by atoms with Gasteiger partial charge >= 0.3 is 0 Å². The monoisotopic (exact) mass is 299 g/mol. The lowest BCUT2D eigenvalue weighted by atomic mass is 10.1. The summed E-state index contributed by atoms with van der Waals surface area (Å²) < 4.78 is 26.4. The van der Waals surface area contributed by atoms with Crippen LogP contribution < -0.4 is 5.73 Å². The summed E-state index contributed by atoms with van der Waals surface area (Å²) in [7, 11) is -3.73. The van der Waals surface area contributed by atoms with Crippen molar-refractivity contribution in [3.05, 3.63) is 33.4 Å². The van der Waals surface area contributed by atoms with E-state index in [1.807, 2.05) is 0 Å². The molecule has 20 heavy (non-hydrogen) atoms. The Morgan fingerprint density at radius 3 is 2.55 bits per heavy atom. The molecule has 0 saturated carbocycles. The fraction of sp³-hybridized carbons (Fsp3) is 0.500. The van der Waals surface area contributed by atoms with Gasteiger partial charge in [0.2, 0.25) is 10.0 Å². The Morgan fingerprint density at radius 2 is 2.05 bits per heavy atom. The van der Waals surface area contributed by atoms with Crippen molar-refractivity contribution in [3.63, 3.8) is 0 Å². The second-order valence-corrected chi connectivity index (χ2v) is 6.96. The zero-order valence-electron chi connectivity index (χ0n) is 11.4. The van der Waals surface area contributed by atoms with Gasteiger partial charge in [-0.25, -0.2) is 8.42 Å². The summed E-state index contributed by atoms with van der Waals surface area (Å²) in [5.41, 5.74) is 6.64. The van der Waals surface area contributed by atoms with Gasteiger partial charge in [0.1, 0.15) is 0 Å². The second kappa shape index (κ2) is 5.12. The molecule has 1 heterocycles. The molecule has 0 bridgehead atoms. The van der Waals surface area contributed by atoms with Crippen LogP contribution in [-0.2, 0) is 10.0 Å². The van der Waals surface area contributed by atoms with E-state index in [0.29, 0.717) is 24.1 Å². The lowest BCUT2D eigenvalue weighted by molar-refractivity contribution is -0.385. The molecule has 0 aromatic heterocycles. The molecule has 1 aliphatic rings. The first-order valence-electron chi connectivity index (χ1n) is 6.25. The van der Waals surface area contributed by atoms with E-state index < -0.39 is 14.9 Å². The highest BCUT2D eigenvalue weighted by Crippen LogP contribution is 2.29. The average molecular weight is 299 g/mol. The van der Waals surface area contributed by atoms with E-state index in [2.05, 4.69) is 0 Å². The molecule has 1 fully saturated rings. The zero-order chi connectivity index (χ0) is 15.1. The Labute approximate surface area is 117 Å². The predicted molar refractivity (Wildman–Crippen MR) is 73.9 cm³/mol. The molecule has 1 aromatic rings. The smallest absolute Gasteiger partial charge is 0.271 e. The highest BCUT2D eigenvalue weighted by atomic mass is 32.2. The fourth-order valence-electron chi connectivity index (χ4n) is 2.29. The van der Waals surface area contributed by atoms with E-state index in [-0.39, 0.29) is 23.2 Å². The minimum absolute atomic E-state index is 0.00157. The normalized spacial score (nSPS) is 20.2. The third-order valence-electron chi connectivity index (χ3n) is 3.62. The van der Waals surface area contributed by atoms with E-state index >= 15 is 0 Å². The number of sulfonamides is 1. The van der Waals surface area contributed by atoms with E-state index in [1.165, 1.54) is 10.4 Å². The molecule has 110 valence electrons. The second-order valence-electron chi connectivity index (χ2n) is 5.05. The largest absolute Gasteiger partial charge is 0.326 e. The SMILES string of the molecule is Cc1cc([N+](=O)[O-])cc(S(=O)(=O)N2CC[C@@H](N)C2)c1C. The molecule has 0 amide bonds. The van der Waals surface area contributed by atoms with Gasteiger partial charge in [-0.3, -0.25) is 10.1 Å². The van der Waals surface area contributed by atoms with Gasteiger partial charge in [0.05, 0.1) is 9.82 Å². The van der Waals surface area contributed by atoms with E-state index in [4.69, 9.17) is 5.73 Å². The predicted octanol–water partition coefficient (Wildman–Crippen LogP) is 0.933. The molecule has 2 N–H and O–H groups in total. The maximum Gasteiger partial charge on any atom is 0.271 e. The van der Waals surface area contributed by atoms with Gasteiger partial charge in [-0.05, 0) is 31.4 Å². The number of nitro benzene ring substituents is 1. The van der Waals surface area contributed by atoms with Crippen molar-refractivity contribution in [3.8, 4) is 0 Å². The minimum atomic E-state index is -3.73. The molecule has 0 radical (unpaired) electrons. The number of non-ortho nitro benzene ring substituents is 1. The number of nitrogens with zero attached hydrogens (tertiary/aromatic N) is 2. The molecule has 2 rings (SSSR count). The van der Waals surface area contributed by atoms with Crippen molar-refractivity contribution in [2.45, 2.75) is 31.2 Å². The molecule has 1 atom stereocenters. The maximum absolute atomic E-state index is 12.6. The molecule has 1 aliphatic heterocycles. The number of nitro groups is 1. The van der Waals surface area contributed by atoms with Gasteiger partial charge in [-0.1, -0.05) is 0 Å². The quantitative estimate of drug-likeness (QED) is 0.660. The first kappa shape index (κ1) is 14.9. The van der Waals surface area contributed by atoms with E-state index in [1.54, 1.807) is 13.8 Å². The number of hydrogen-bond donors (Lipinski definition) is 1. The van der Waals surface area contributed by atoms with E-state index in [0.717, 1.165) is 6.07 Å². The number of aryl methyl sites for hydroxylation is 1. The summed E-state index contributed by atoms with van der Waals surface area (Å²) in [6.07, 6.45) is 0.603. The van der Waals surface area contributed by atoms with Crippen LogP contribution in [0.15, 0.2) is 17.0 Å². The van der Waals surface area contributed by atoms with Gasteiger partial charge in [0, 0.05) is 31.3 Å². The number of nitrogens with two attached hydrogens (primary N) is 1. The molecular formula is C12H17N3O4S. The summed E-state index contributed by atoms with van der Waals surface area (Å²) in [4.78, 5) is 10.3. The van der Waals surface area contributed by atoms with Crippen molar-refractivity contribution in [2.75, 3.05) is 13.1 Å². The van der Waals surface area contributed by atoms with Gasteiger partial charge in [-0.2, -0.15) is 4.31 Å². The topological polar surface area (TPSA) is 107 Å². The highest BCUT2D eigenvalue weighted by Gasteiger charge is 2.33. The summed E-state index contributed by atoms with van der Waals surface area (Å²) in [5, 5.41) is 10.9. The summed E-state index contributed by atoms with van der Waals surface area (Å²) >= 11 is 0. The lowest BCUT2D eigenvalue weighted by Gasteiger charge is -2.18. The third-order valence-corrected chi connectivity index (χ3v) is 5.61.